The number of aliphatic carboxylic acids is 1. The number of hydrogen-bond donors (Lipinski definition) is 1. The monoisotopic (exact) mass is 283 g/mol. The SMILES string of the molecule is COc1ccc(CO[C@H](C(=O)O)[C@H](F)CN=[N+]=[N-])cc1. The highest BCUT2D eigenvalue weighted by atomic mass is 19.1. The van der Waals surface area contributed by atoms with Gasteiger partial charge in [0.2, 0.25) is 0 Å². The van der Waals surface area contributed by atoms with Gasteiger partial charge in [-0.25, -0.2) is 9.18 Å². The number of alkyl halides is 1. The molecule has 1 N–H and O–H groups in total. The molecule has 0 heterocycles. The van der Waals surface area contributed by atoms with E-state index in [1.54, 1.807) is 24.3 Å². The Hall–Kier alpha value is -2.31. The van der Waals surface area contributed by atoms with E-state index in [4.69, 9.17) is 20.1 Å². The molecule has 0 fully saturated rings. The third-order valence-corrected chi connectivity index (χ3v) is 2.48. The number of carboxylic acid groups (broad SMARTS) is 1. The molecule has 0 aliphatic carbocycles. The standard InChI is InChI=1S/C12H14FN3O4/c1-19-9-4-2-8(3-5-9)7-20-11(12(17)18)10(13)6-15-16-14/h2-5,10-11H,6-7H2,1H3,(H,17,18)/t10-,11+/m1/s1. The lowest BCUT2D eigenvalue weighted by Crippen LogP contribution is -2.35. The van der Waals surface area contributed by atoms with Crippen LogP contribution in [0.15, 0.2) is 29.4 Å². The Bertz CT molecular complexity index is 488. The van der Waals surface area contributed by atoms with Crippen molar-refractivity contribution < 1.29 is 23.8 Å². The van der Waals surface area contributed by atoms with Gasteiger partial charge in [-0.2, -0.15) is 0 Å². The summed E-state index contributed by atoms with van der Waals surface area (Å²) in [6, 6.07) is 6.72. The van der Waals surface area contributed by atoms with Crippen LogP contribution >= 0.6 is 0 Å². The van der Waals surface area contributed by atoms with Gasteiger partial charge < -0.3 is 14.6 Å². The van der Waals surface area contributed by atoms with Crippen molar-refractivity contribution in [2.24, 2.45) is 5.11 Å². The molecular formula is C12H14FN3O4. The van der Waals surface area contributed by atoms with Gasteiger partial charge in [0, 0.05) is 4.91 Å². The van der Waals surface area contributed by atoms with Crippen LogP contribution in [0.1, 0.15) is 5.56 Å². The van der Waals surface area contributed by atoms with Crippen molar-refractivity contribution in [2.75, 3.05) is 13.7 Å². The number of halogens is 1. The summed E-state index contributed by atoms with van der Waals surface area (Å²) in [5, 5.41) is 11.9. The number of methoxy groups -OCH3 is 1. The second-order valence-electron chi connectivity index (χ2n) is 3.85. The first kappa shape index (κ1) is 15.7. The molecule has 0 spiro atoms. The molecule has 0 aliphatic rings. The fourth-order valence-corrected chi connectivity index (χ4v) is 1.45. The molecule has 0 bridgehead atoms. The number of rotatable bonds is 8. The molecular weight excluding hydrogens is 269 g/mol. The lowest BCUT2D eigenvalue weighted by atomic mass is 10.2. The Balaban J connectivity index is 2.61. The Morgan fingerprint density at radius 3 is 2.65 bits per heavy atom. The number of carbonyl (C=O) groups is 1. The van der Waals surface area contributed by atoms with E-state index in [0.717, 1.165) is 0 Å². The first-order valence-corrected chi connectivity index (χ1v) is 5.70. The van der Waals surface area contributed by atoms with Gasteiger partial charge in [0.15, 0.2) is 6.10 Å². The minimum absolute atomic E-state index is 0.0718. The minimum Gasteiger partial charge on any atom is -0.497 e. The largest absolute Gasteiger partial charge is 0.497 e. The predicted octanol–water partition coefficient (Wildman–Crippen LogP) is 2.31. The molecule has 7 nitrogen and oxygen atoms in total. The van der Waals surface area contributed by atoms with Crippen LogP contribution in [0.2, 0.25) is 0 Å². The van der Waals surface area contributed by atoms with E-state index in [1.807, 2.05) is 0 Å². The van der Waals surface area contributed by atoms with Crippen LogP contribution in [0.3, 0.4) is 0 Å². The molecule has 0 saturated carbocycles. The number of hydrogen-bond acceptors (Lipinski definition) is 4. The second kappa shape index (κ2) is 7.98. The van der Waals surface area contributed by atoms with Gasteiger partial charge in [-0.1, -0.05) is 17.2 Å². The number of ether oxygens (including phenoxy) is 2. The second-order valence-corrected chi connectivity index (χ2v) is 3.85. The predicted molar refractivity (Wildman–Crippen MR) is 68.1 cm³/mol. The lowest BCUT2D eigenvalue weighted by molar-refractivity contribution is -0.155. The zero-order valence-corrected chi connectivity index (χ0v) is 10.8. The Labute approximate surface area is 114 Å². The number of carboxylic acids is 1. The van der Waals surface area contributed by atoms with E-state index in [-0.39, 0.29) is 6.61 Å². The molecule has 0 aliphatic heterocycles. The number of nitrogens with zero attached hydrogens (tertiary/aromatic N) is 3. The molecule has 0 saturated heterocycles. The first-order chi connectivity index (χ1) is 9.58. The third kappa shape index (κ3) is 4.75. The normalized spacial score (nSPS) is 13.1. The summed E-state index contributed by atoms with van der Waals surface area (Å²) in [6.45, 7) is -0.659. The Kier molecular flexibility index (Phi) is 6.28. The number of azide groups is 1. The molecule has 1 aromatic rings. The molecule has 0 radical (unpaired) electrons. The van der Waals surface area contributed by atoms with Crippen LogP contribution in [-0.2, 0) is 16.1 Å². The lowest BCUT2D eigenvalue weighted by Gasteiger charge is -2.16. The average molecular weight is 283 g/mol. The third-order valence-electron chi connectivity index (χ3n) is 2.48. The van der Waals surface area contributed by atoms with E-state index in [9.17, 15) is 9.18 Å². The van der Waals surface area contributed by atoms with Gasteiger partial charge in [0.05, 0.1) is 20.3 Å². The molecule has 1 rings (SSSR count). The zero-order chi connectivity index (χ0) is 15.0. The van der Waals surface area contributed by atoms with E-state index >= 15 is 0 Å². The van der Waals surface area contributed by atoms with E-state index < -0.39 is 24.8 Å². The van der Waals surface area contributed by atoms with Crippen LogP contribution < -0.4 is 4.74 Å². The van der Waals surface area contributed by atoms with E-state index in [0.29, 0.717) is 11.3 Å². The zero-order valence-electron chi connectivity index (χ0n) is 10.8. The van der Waals surface area contributed by atoms with Gasteiger partial charge in [0.25, 0.3) is 0 Å². The summed E-state index contributed by atoms with van der Waals surface area (Å²) in [6.07, 6.45) is -3.58. The molecule has 2 atom stereocenters. The maximum absolute atomic E-state index is 13.5. The highest BCUT2D eigenvalue weighted by Gasteiger charge is 2.28. The maximum Gasteiger partial charge on any atom is 0.335 e. The molecule has 0 amide bonds. The van der Waals surface area contributed by atoms with Gasteiger partial charge in [-0.05, 0) is 23.2 Å². The minimum atomic E-state index is -1.90. The van der Waals surface area contributed by atoms with Crippen molar-refractivity contribution in [3.63, 3.8) is 0 Å². The van der Waals surface area contributed by atoms with Crippen LogP contribution in [0.5, 0.6) is 5.75 Å². The number of benzene rings is 1. The summed E-state index contributed by atoms with van der Waals surface area (Å²) in [4.78, 5) is 13.3. The highest BCUT2D eigenvalue weighted by Crippen LogP contribution is 2.14. The Morgan fingerprint density at radius 1 is 1.50 bits per heavy atom. The first-order valence-electron chi connectivity index (χ1n) is 5.70. The van der Waals surface area contributed by atoms with Crippen molar-refractivity contribution in [3.8, 4) is 5.75 Å². The quantitative estimate of drug-likeness (QED) is 0.449. The fraction of sp³-hybridized carbons (Fsp3) is 0.417. The molecule has 108 valence electrons. The Morgan fingerprint density at radius 2 is 2.15 bits per heavy atom. The van der Waals surface area contributed by atoms with Gasteiger partial charge in [-0.15, -0.1) is 0 Å². The highest BCUT2D eigenvalue weighted by molar-refractivity contribution is 5.73. The van der Waals surface area contributed by atoms with Crippen LogP contribution in [-0.4, -0.2) is 37.0 Å². The summed E-state index contributed by atoms with van der Waals surface area (Å²) in [5.41, 5.74) is 8.76. The summed E-state index contributed by atoms with van der Waals surface area (Å²) in [7, 11) is 1.52. The molecule has 0 aromatic heterocycles. The average Bonchev–Trinajstić information content (AvgIpc) is 2.45. The molecule has 0 unspecified atom stereocenters. The molecule has 1 aromatic carbocycles. The van der Waals surface area contributed by atoms with Crippen molar-refractivity contribution in [3.05, 3.63) is 40.3 Å². The van der Waals surface area contributed by atoms with Gasteiger partial charge >= 0.3 is 5.97 Å². The fourth-order valence-electron chi connectivity index (χ4n) is 1.45. The van der Waals surface area contributed by atoms with Crippen molar-refractivity contribution >= 4 is 5.97 Å². The van der Waals surface area contributed by atoms with Crippen molar-refractivity contribution in [1.29, 1.82) is 0 Å². The molecule has 8 heteroatoms. The summed E-state index contributed by atoms with van der Waals surface area (Å²) < 4.78 is 23.5. The van der Waals surface area contributed by atoms with Crippen LogP contribution in [0.25, 0.3) is 10.4 Å². The van der Waals surface area contributed by atoms with Crippen LogP contribution in [0, 0.1) is 0 Å². The van der Waals surface area contributed by atoms with Crippen molar-refractivity contribution in [1.82, 2.24) is 0 Å². The van der Waals surface area contributed by atoms with Gasteiger partial charge in [0.1, 0.15) is 11.9 Å². The smallest absolute Gasteiger partial charge is 0.335 e. The van der Waals surface area contributed by atoms with E-state index in [2.05, 4.69) is 10.0 Å². The molecule has 20 heavy (non-hydrogen) atoms. The van der Waals surface area contributed by atoms with E-state index in [1.165, 1.54) is 7.11 Å². The van der Waals surface area contributed by atoms with Gasteiger partial charge in [-0.3, -0.25) is 0 Å². The topological polar surface area (TPSA) is 105 Å². The maximum atomic E-state index is 13.5. The summed E-state index contributed by atoms with van der Waals surface area (Å²) >= 11 is 0. The summed E-state index contributed by atoms with van der Waals surface area (Å²) in [5.74, 6) is -0.797. The van der Waals surface area contributed by atoms with Crippen LogP contribution in [0.4, 0.5) is 4.39 Å². The van der Waals surface area contributed by atoms with Crippen molar-refractivity contribution in [2.45, 2.75) is 18.9 Å².